The van der Waals surface area contributed by atoms with Gasteiger partial charge < -0.3 is 14.9 Å². The molecule has 1 fully saturated rings. The van der Waals surface area contributed by atoms with E-state index in [0.29, 0.717) is 18.6 Å². The maximum Gasteiger partial charge on any atom is 0.307 e. The highest BCUT2D eigenvalue weighted by molar-refractivity contribution is 5.85. The Kier molecular flexibility index (Phi) is 3.87. The first-order chi connectivity index (χ1) is 8.97. The van der Waals surface area contributed by atoms with Crippen molar-refractivity contribution in [3.63, 3.8) is 0 Å². The third kappa shape index (κ3) is 3.13. The first-order valence-electron chi connectivity index (χ1n) is 6.40. The Balaban J connectivity index is 1.93. The lowest BCUT2D eigenvalue weighted by molar-refractivity contribution is -0.146. The Hall–Kier alpha value is -1.85. The second kappa shape index (κ2) is 5.42. The zero-order valence-electron chi connectivity index (χ0n) is 11.0. The van der Waals surface area contributed by atoms with E-state index in [0.717, 1.165) is 5.69 Å². The second-order valence-electron chi connectivity index (χ2n) is 5.28. The Morgan fingerprint density at radius 2 is 2.16 bits per heavy atom. The van der Waals surface area contributed by atoms with Crippen LogP contribution in [0.15, 0.2) is 10.6 Å². The average molecular weight is 266 g/mol. The topological polar surface area (TPSA) is 92.4 Å². The zero-order chi connectivity index (χ0) is 14.0. The van der Waals surface area contributed by atoms with Gasteiger partial charge in [-0.05, 0) is 25.7 Å². The van der Waals surface area contributed by atoms with Gasteiger partial charge in [0.15, 0.2) is 5.76 Å². The minimum Gasteiger partial charge on any atom is -0.481 e. The van der Waals surface area contributed by atoms with E-state index in [1.54, 1.807) is 13.0 Å². The summed E-state index contributed by atoms with van der Waals surface area (Å²) in [5, 5.41) is 15.6. The SMILES string of the molecule is Cc1cc(CNC(=O)[C@H]2CC(C)C[C@H]2C(=O)O)on1. The molecular weight excluding hydrogens is 248 g/mol. The molecule has 104 valence electrons. The molecule has 1 aromatic rings. The molecule has 1 aliphatic carbocycles. The van der Waals surface area contributed by atoms with E-state index in [4.69, 9.17) is 9.63 Å². The van der Waals surface area contributed by atoms with Gasteiger partial charge >= 0.3 is 5.97 Å². The number of rotatable bonds is 4. The third-order valence-electron chi connectivity index (χ3n) is 3.57. The van der Waals surface area contributed by atoms with Crippen LogP contribution in [0, 0.1) is 24.7 Å². The van der Waals surface area contributed by atoms with Crippen LogP contribution in [0.1, 0.15) is 31.2 Å². The quantitative estimate of drug-likeness (QED) is 0.858. The summed E-state index contributed by atoms with van der Waals surface area (Å²) in [7, 11) is 0. The number of nitrogens with one attached hydrogen (secondary N) is 1. The van der Waals surface area contributed by atoms with Gasteiger partial charge in [-0.3, -0.25) is 9.59 Å². The minimum absolute atomic E-state index is 0.217. The lowest BCUT2D eigenvalue weighted by Crippen LogP contribution is -2.34. The van der Waals surface area contributed by atoms with E-state index in [9.17, 15) is 9.59 Å². The van der Waals surface area contributed by atoms with E-state index in [1.165, 1.54) is 0 Å². The lowest BCUT2D eigenvalue weighted by Gasteiger charge is -2.14. The minimum atomic E-state index is -0.889. The van der Waals surface area contributed by atoms with Crippen molar-refractivity contribution in [2.45, 2.75) is 33.2 Å². The molecule has 1 aromatic heterocycles. The summed E-state index contributed by atoms with van der Waals surface area (Å²) in [6, 6.07) is 1.74. The monoisotopic (exact) mass is 266 g/mol. The first-order valence-corrected chi connectivity index (χ1v) is 6.40. The molecule has 1 heterocycles. The number of carboxylic acid groups (broad SMARTS) is 1. The fourth-order valence-corrected chi connectivity index (χ4v) is 2.66. The molecule has 1 unspecified atom stereocenters. The summed E-state index contributed by atoms with van der Waals surface area (Å²) < 4.78 is 4.99. The molecule has 6 nitrogen and oxygen atoms in total. The number of carbonyl (C=O) groups excluding carboxylic acids is 1. The molecule has 1 aliphatic rings. The van der Waals surface area contributed by atoms with Gasteiger partial charge in [0, 0.05) is 6.07 Å². The van der Waals surface area contributed by atoms with Crippen LogP contribution >= 0.6 is 0 Å². The van der Waals surface area contributed by atoms with E-state index in [2.05, 4.69) is 10.5 Å². The Labute approximate surface area is 111 Å². The number of nitrogens with zero attached hydrogens (tertiary/aromatic N) is 1. The van der Waals surface area contributed by atoms with Crippen molar-refractivity contribution in [1.82, 2.24) is 10.5 Å². The molecule has 0 saturated heterocycles. The van der Waals surface area contributed by atoms with Gasteiger partial charge in [0.2, 0.25) is 5.91 Å². The van der Waals surface area contributed by atoms with Crippen molar-refractivity contribution in [2.75, 3.05) is 0 Å². The lowest BCUT2D eigenvalue weighted by atomic mass is 9.95. The molecule has 0 bridgehead atoms. The average Bonchev–Trinajstić information content (AvgIpc) is 2.92. The van der Waals surface area contributed by atoms with E-state index in [-0.39, 0.29) is 18.4 Å². The number of aromatic nitrogens is 1. The highest BCUT2D eigenvalue weighted by Crippen LogP contribution is 2.36. The first kappa shape index (κ1) is 13.6. The van der Waals surface area contributed by atoms with E-state index >= 15 is 0 Å². The molecule has 2 rings (SSSR count). The number of hydrogen-bond acceptors (Lipinski definition) is 4. The molecule has 1 amide bonds. The van der Waals surface area contributed by atoms with Crippen molar-refractivity contribution < 1.29 is 19.2 Å². The van der Waals surface area contributed by atoms with E-state index in [1.807, 2.05) is 6.92 Å². The van der Waals surface area contributed by atoms with Crippen molar-refractivity contribution in [2.24, 2.45) is 17.8 Å². The van der Waals surface area contributed by atoms with Gasteiger partial charge in [0.25, 0.3) is 0 Å². The number of aryl methyl sites for hydroxylation is 1. The summed E-state index contributed by atoms with van der Waals surface area (Å²) in [4.78, 5) is 23.2. The third-order valence-corrected chi connectivity index (χ3v) is 3.57. The molecule has 0 aliphatic heterocycles. The second-order valence-corrected chi connectivity index (χ2v) is 5.28. The maximum atomic E-state index is 12.0. The molecule has 3 atom stereocenters. The number of aliphatic carboxylic acids is 1. The van der Waals surface area contributed by atoms with Crippen LogP contribution in [0.5, 0.6) is 0 Å². The summed E-state index contributed by atoms with van der Waals surface area (Å²) in [5.41, 5.74) is 0.752. The smallest absolute Gasteiger partial charge is 0.307 e. The van der Waals surface area contributed by atoms with Crippen LogP contribution in [-0.4, -0.2) is 22.1 Å². The number of carbonyl (C=O) groups is 2. The molecular formula is C13H18N2O4. The maximum absolute atomic E-state index is 12.0. The van der Waals surface area contributed by atoms with Gasteiger partial charge in [0.1, 0.15) is 0 Å². The van der Waals surface area contributed by atoms with Gasteiger partial charge in [0.05, 0.1) is 24.1 Å². The number of hydrogen-bond donors (Lipinski definition) is 2. The molecule has 0 spiro atoms. The molecule has 6 heteroatoms. The highest BCUT2D eigenvalue weighted by atomic mass is 16.5. The molecule has 19 heavy (non-hydrogen) atoms. The predicted octanol–water partition coefficient (Wildman–Crippen LogP) is 1.35. The van der Waals surface area contributed by atoms with Crippen molar-refractivity contribution in [1.29, 1.82) is 0 Å². The normalized spacial score (nSPS) is 26.3. The Bertz CT molecular complexity index is 483. The predicted molar refractivity (Wildman–Crippen MR) is 66.1 cm³/mol. The fourth-order valence-electron chi connectivity index (χ4n) is 2.66. The van der Waals surface area contributed by atoms with E-state index < -0.39 is 17.8 Å². The van der Waals surface area contributed by atoms with Crippen LogP contribution in [-0.2, 0) is 16.1 Å². The largest absolute Gasteiger partial charge is 0.481 e. The summed E-state index contributed by atoms with van der Waals surface area (Å²) in [6.45, 7) is 4.02. The van der Waals surface area contributed by atoms with Crippen LogP contribution in [0.25, 0.3) is 0 Å². The van der Waals surface area contributed by atoms with Crippen LogP contribution in [0.3, 0.4) is 0 Å². The summed E-state index contributed by atoms with van der Waals surface area (Å²) >= 11 is 0. The highest BCUT2D eigenvalue weighted by Gasteiger charge is 2.41. The fraction of sp³-hybridized carbons (Fsp3) is 0.615. The van der Waals surface area contributed by atoms with Gasteiger partial charge in [-0.1, -0.05) is 12.1 Å². The summed E-state index contributed by atoms with van der Waals surface area (Å²) in [6.07, 6.45) is 1.19. The van der Waals surface area contributed by atoms with Crippen molar-refractivity contribution >= 4 is 11.9 Å². The molecule has 0 radical (unpaired) electrons. The van der Waals surface area contributed by atoms with Crippen LogP contribution in [0.4, 0.5) is 0 Å². The molecule has 0 aromatic carbocycles. The van der Waals surface area contributed by atoms with Crippen LogP contribution in [0.2, 0.25) is 0 Å². The number of amides is 1. The standard InChI is InChI=1S/C13H18N2O4/c1-7-3-10(11(4-7)13(17)18)12(16)14-6-9-5-8(2)15-19-9/h5,7,10-11H,3-4,6H2,1-2H3,(H,14,16)(H,17,18)/t7?,10-,11+/m0/s1. The zero-order valence-corrected chi connectivity index (χ0v) is 11.0. The van der Waals surface area contributed by atoms with Crippen LogP contribution < -0.4 is 5.32 Å². The van der Waals surface area contributed by atoms with Gasteiger partial charge in [-0.25, -0.2) is 0 Å². The van der Waals surface area contributed by atoms with Gasteiger partial charge in [-0.2, -0.15) is 0 Å². The molecule has 1 saturated carbocycles. The Morgan fingerprint density at radius 3 is 2.74 bits per heavy atom. The van der Waals surface area contributed by atoms with Crippen molar-refractivity contribution in [3.05, 3.63) is 17.5 Å². The summed E-state index contributed by atoms with van der Waals surface area (Å²) in [5.74, 6) is -1.29. The Morgan fingerprint density at radius 1 is 1.47 bits per heavy atom. The van der Waals surface area contributed by atoms with Crippen molar-refractivity contribution in [3.8, 4) is 0 Å². The number of carboxylic acids is 1. The molecule has 2 N–H and O–H groups in total. The van der Waals surface area contributed by atoms with Gasteiger partial charge in [-0.15, -0.1) is 0 Å².